The van der Waals surface area contributed by atoms with E-state index in [1.165, 1.54) is 24.3 Å². The summed E-state index contributed by atoms with van der Waals surface area (Å²) in [6, 6.07) is 18.8. The average molecular weight is 539 g/mol. The van der Waals surface area contributed by atoms with Crippen LogP contribution in [0.1, 0.15) is 28.8 Å². The largest absolute Gasteiger partial charge is 0.573 e. The van der Waals surface area contributed by atoms with E-state index in [2.05, 4.69) is 19.9 Å². The lowest BCUT2D eigenvalue weighted by atomic mass is 9.85. The maximum atomic E-state index is 12.8. The van der Waals surface area contributed by atoms with E-state index in [-0.39, 0.29) is 11.7 Å². The molecule has 3 heterocycles. The van der Waals surface area contributed by atoms with Gasteiger partial charge >= 0.3 is 6.36 Å². The second-order valence-corrected chi connectivity index (χ2v) is 9.86. The van der Waals surface area contributed by atoms with E-state index in [4.69, 9.17) is 0 Å². The molecule has 2 aromatic carbocycles. The molecule has 1 amide bonds. The van der Waals surface area contributed by atoms with Crippen molar-refractivity contribution in [2.75, 3.05) is 26.2 Å². The number of carbonyl (C=O) groups is 1. The third-order valence-electron chi connectivity index (χ3n) is 6.98. The Morgan fingerprint density at radius 1 is 1.05 bits per heavy atom. The molecule has 0 spiro atoms. The number of rotatable bonds is 8. The van der Waals surface area contributed by atoms with E-state index in [1.54, 1.807) is 28.9 Å². The van der Waals surface area contributed by atoms with Crippen molar-refractivity contribution in [2.45, 2.75) is 31.2 Å². The molecule has 0 aliphatic carbocycles. The lowest BCUT2D eigenvalue weighted by molar-refractivity contribution is -0.274. The van der Waals surface area contributed by atoms with Crippen molar-refractivity contribution < 1.29 is 27.8 Å². The first-order chi connectivity index (χ1) is 18.7. The van der Waals surface area contributed by atoms with Gasteiger partial charge in [0.1, 0.15) is 11.4 Å². The van der Waals surface area contributed by atoms with Crippen molar-refractivity contribution in [3.05, 3.63) is 90.3 Å². The van der Waals surface area contributed by atoms with E-state index in [0.29, 0.717) is 54.8 Å². The molecule has 39 heavy (non-hydrogen) atoms. The third kappa shape index (κ3) is 6.96. The Kier molecular flexibility index (Phi) is 7.58. The van der Waals surface area contributed by atoms with Gasteiger partial charge in [-0.1, -0.05) is 30.3 Å². The number of fused-ring (bicyclic) bond motifs is 1. The number of piperidine rings is 1. The van der Waals surface area contributed by atoms with Crippen LogP contribution in [-0.2, 0) is 6.42 Å². The Morgan fingerprint density at radius 3 is 2.46 bits per heavy atom. The number of aromatic nitrogens is 2. The number of likely N-dealkylation sites (tertiary alicyclic amines) is 1. The van der Waals surface area contributed by atoms with Gasteiger partial charge in [-0.15, -0.1) is 13.2 Å². The normalized spacial score (nSPS) is 15.8. The molecule has 2 N–H and O–H groups in total. The standard InChI is InChI=1S/C29H29F3N4O3/c30-29(31,32)39-24-8-6-22(7-9-24)25-20-36-14-10-23(18-26(36)34-25)27(37)33-13-17-35-15-11-28(38,12-16-35)19-21-4-2-1-3-5-21/h1-10,14,18,20,38H,11-13,15-17,19H2,(H,33,37). The number of aliphatic hydroxyl groups is 1. The number of carbonyl (C=O) groups excluding carboxylic acids is 1. The first-order valence-corrected chi connectivity index (χ1v) is 12.8. The van der Waals surface area contributed by atoms with Crippen LogP contribution in [0.4, 0.5) is 13.2 Å². The first kappa shape index (κ1) is 26.7. The molecule has 5 rings (SSSR count). The SMILES string of the molecule is O=C(NCCN1CCC(O)(Cc2ccccc2)CC1)c1ccn2cc(-c3ccc(OC(F)(F)F)cc3)nc2c1. The summed E-state index contributed by atoms with van der Waals surface area (Å²) in [6.45, 7) is 2.71. The van der Waals surface area contributed by atoms with Gasteiger partial charge in [0.25, 0.3) is 5.91 Å². The number of benzene rings is 2. The molecule has 0 radical (unpaired) electrons. The first-order valence-electron chi connectivity index (χ1n) is 12.8. The van der Waals surface area contributed by atoms with E-state index >= 15 is 0 Å². The summed E-state index contributed by atoms with van der Waals surface area (Å²) in [4.78, 5) is 19.5. The van der Waals surface area contributed by atoms with E-state index in [1.807, 2.05) is 30.3 Å². The number of ether oxygens (including phenoxy) is 1. The van der Waals surface area contributed by atoms with Crippen LogP contribution >= 0.6 is 0 Å². The minimum absolute atomic E-state index is 0.215. The highest BCUT2D eigenvalue weighted by atomic mass is 19.4. The van der Waals surface area contributed by atoms with Crippen LogP contribution in [0.3, 0.4) is 0 Å². The fraction of sp³-hybridized carbons (Fsp3) is 0.310. The van der Waals surface area contributed by atoms with Gasteiger partial charge in [-0.2, -0.15) is 0 Å². The van der Waals surface area contributed by atoms with Gasteiger partial charge in [0.2, 0.25) is 0 Å². The summed E-state index contributed by atoms with van der Waals surface area (Å²) in [6.07, 6.45) is 0.739. The van der Waals surface area contributed by atoms with Crippen LogP contribution in [0.25, 0.3) is 16.9 Å². The van der Waals surface area contributed by atoms with Gasteiger partial charge in [-0.05, 0) is 54.8 Å². The third-order valence-corrected chi connectivity index (χ3v) is 6.98. The van der Waals surface area contributed by atoms with Crippen molar-refractivity contribution >= 4 is 11.6 Å². The van der Waals surface area contributed by atoms with Gasteiger partial charge in [-0.25, -0.2) is 4.98 Å². The van der Waals surface area contributed by atoms with Crippen LogP contribution in [0.15, 0.2) is 79.1 Å². The van der Waals surface area contributed by atoms with Crippen LogP contribution in [0, 0.1) is 0 Å². The van der Waals surface area contributed by atoms with Gasteiger partial charge in [0.05, 0.1) is 11.3 Å². The molecule has 0 atom stereocenters. The van der Waals surface area contributed by atoms with E-state index in [9.17, 15) is 23.1 Å². The topological polar surface area (TPSA) is 79.1 Å². The monoisotopic (exact) mass is 538 g/mol. The molecule has 4 aromatic rings. The molecule has 1 aliphatic rings. The number of halogens is 3. The molecule has 7 nitrogen and oxygen atoms in total. The number of imidazole rings is 1. The zero-order valence-corrected chi connectivity index (χ0v) is 21.2. The maximum absolute atomic E-state index is 12.8. The Hall–Kier alpha value is -3.89. The molecule has 1 saturated heterocycles. The predicted octanol–water partition coefficient (Wildman–Crippen LogP) is 4.70. The molecule has 10 heteroatoms. The molecule has 0 bridgehead atoms. The molecular formula is C29H29F3N4O3. The molecule has 0 saturated carbocycles. The summed E-state index contributed by atoms with van der Waals surface area (Å²) in [5.74, 6) is -0.519. The Bertz CT molecular complexity index is 1410. The zero-order valence-electron chi connectivity index (χ0n) is 21.2. The van der Waals surface area contributed by atoms with Gasteiger partial charge in [0, 0.05) is 56.1 Å². The number of alkyl halides is 3. The highest BCUT2D eigenvalue weighted by Crippen LogP contribution is 2.27. The molecular weight excluding hydrogens is 509 g/mol. The fourth-order valence-corrected chi connectivity index (χ4v) is 4.86. The van der Waals surface area contributed by atoms with Crippen molar-refractivity contribution in [2.24, 2.45) is 0 Å². The van der Waals surface area contributed by atoms with Crippen LogP contribution in [0.2, 0.25) is 0 Å². The van der Waals surface area contributed by atoms with Gasteiger partial charge in [-0.3, -0.25) is 4.79 Å². The Labute approximate surface area is 223 Å². The molecule has 204 valence electrons. The van der Waals surface area contributed by atoms with E-state index in [0.717, 1.165) is 18.7 Å². The number of nitrogens with one attached hydrogen (secondary N) is 1. The van der Waals surface area contributed by atoms with Gasteiger partial charge in [0.15, 0.2) is 0 Å². The zero-order chi connectivity index (χ0) is 27.5. The lowest BCUT2D eigenvalue weighted by Gasteiger charge is -2.38. The summed E-state index contributed by atoms with van der Waals surface area (Å²) in [5.41, 5.74) is 2.63. The quantitative estimate of drug-likeness (QED) is 0.340. The van der Waals surface area contributed by atoms with Crippen LogP contribution in [0.5, 0.6) is 5.75 Å². The van der Waals surface area contributed by atoms with Crippen LogP contribution in [-0.4, -0.2) is 63.4 Å². The summed E-state index contributed by atoms with van der Waals surface area (Å²) in [5, 5.41) is 13.9. The maximum Gasteiger partial charge on any atom is 0.573 e. The number of pyridine rings is 1. The second-order valence-electron chi connectivity index (χ2n) is 9.86. The van der Waals surface area contributed by atoms with Crippen molar-refractivity contribution in [1.29, 1.82) is 0 Å². The lowest BCUT2D eigenvalue weighted by Crippen LogP contribution is -2.47. The molecule has 2 aromatic heterocycles. The highest BCUT2D eigenvalue weighted by molar-refractivity contribution is 5.95. The molecule has 0 unspecified atom stereocenters. The smallest absolute Gasteiger partial charge is 0.406 e. The summed E-state index contributed by atoms with van der Waals surface area (Å²) < 4.78 is 42.8. The van der Waals surface area contributed by atoms with Crippen molar-refractivity contribution in [3.63, 3.8) is 0 Å². The predicted molar refractivity (Wildman–Crippen MR) is 140 cm³/mol. The Balaban J connectivity index is 1.12. The van der Waals surface area contributed by atoms with Crippen molar-refractivity contribution in [3.8, 4) is 17.0 Å². The number of nitrogens with zero attached hydrogens (tertiary/aromatic N) is 3. The summed E-state index contributed by atoms with van der Waals surface area (Å²) >= 11 is 0. The Morgan fingerprint density at radius 2 is 1.77 bits per heavy atom. The average Bonchev–Trinajstić information content (AvgIpc) is 3.33. The number of hydrogen-bond acceptors (Lipinski definition) is 5. The number of hydrogen-bond donors (Lipinski definition) is 2. The summed E-state index contributed by atoms with van der Waals surface area (Å²) in [7, 11) is 0. The minimum atomic E-state index is -4.75. The fourth-order valence-electron chi connectivity index (χ4n) is 4.86. The van der Waals surface area contributed by atoms with E-state index < -0.39 is 12.0 Å². The molecule has 1 aliphatic heterocycles. The van der Waals surface area contributed by atoms with Crippen molar-refractivity contribution in [1.82, 2.24) is 19.6 Å². The van der Waals surface area contributed by atoms with Gasteiger partial charge < -0.3 is 24.5 Å². The van der Waals surface area contributed by atoms with Crippen LogP contribution < -0.4 is 10.1 Å². The number of amides is 1. The second kappa shape index (κ2) is 11.1. The molecule has 1 fully saturated rings. The minimum Gasteiger partial charge on any atom is -0.406 e. The highest BCUT2D eigenvalue weighted by Gasteiger charge is 2.32.